The van der Waals surface area contributed by atoms with Crippen LogP contribution in [0, 0.1) is 6.92 Å². The molecule has 3 rings (SSSR count). The molecule has 8 nitrogen and oxygen atoms in total. The first-order chi connectivity index (χ1) is 15.3. The highest BCUT2D eigenvalue weighted by Crippen LogP contribution is 2.29. The standard InChI is InChI=1S/C23H23NO7S/c1-16-4-3-5-22(24-16)31-18-6-8-20(9-7-18)32(27,28)21-13-17(14-23(25)26)12-19(15-21)30-11-10-29-2/h3-9,12-13,15H,10-11,14H2,1-2H3,(H,25,26). The molecule has 0 atom stereocenters. The Labute approximate surface area is 186 Å². The first-order valence-corrected chi connectivity index (χ1v) is 11.2. The van der Waals surface area contributed by atoms with Crippen LogP contribution in [0.15, 0.2) is 70.5 Å². The second kappa shape index (κ2) is 10.3. The van der Waals surface area contributed by atoms with E-state index in [1.165, 1.54) is 49.6 Å². The first kappa shape index (κ1) is 23.2. The summed E-state index contributed by atoms with van der Waals surface area (Å²) in [6, 6.07) is 15.5. The van der Waals surface area contributed by atoms with Crippen molar-refractivity contribution in [3.05, 3.63) is 71.9 Å². The molecule has 0 amide bonds. The molecule has 3 aromatic rings. The van der Waals surface area contributed by atoms with E-state index in [0.717, 1.165) is 5.69 Å². The molecule has 0 saturated heterocycles. The van der Waals surface area contributed by atoms with E-state index in [9.17, 15) is 13.2 Å². The summed E-state index contributed by atoms with van der Waals surface area (Å²) in [5.41, 5.74) is 1.11. The maximum absolute atomic E-state index is 13.2. The van der Waals surface area contributed by atoms with Gasteiger partial charge >= 0.3 is 5.97 Å². The van der Waals surface area contributed by atoms with E-state index in [2.05, 4.69) is 4.98 Å². The molecule has 0 unspecified atom stereocenters. The summed E-state index contributed by atoms with van der Waals surface area (Å²) in [7, 11) is -2.41. The summed E-state index contributed by atoms with van der Waals surface area (Å²) in [6.45, 7) is 2.35. The molecule has 0 aliphatic carbocycles. The van der Waals surface area contributed by atoms with E-state index in [4.69, 9.17) is 19.3 Å². The smallest absolute Gasteiger partial charge is 0.307 e. The fourth-order valence-electron chi connectivity index (χ4n) is 2.91. The topological polar surface area (TPSA) is 112 Å². The number of carbonyl (C=O) groups is 1. The number of sulfone groups is 1. The molecule has 0 spiro atoms. The van der Waals surface area contributed by atoms with Gasteiger partial charge in [-0.2, -0.15) is 0 Å². The van der Waals surface area contributed by atoms with Gasteiger partial charge in [0.25, 0.3) is 0 Å². The van der Waals surface area contributed by atoms with Crippen molar-refractivity contribution in [3.8, 4) is 17.4 Å². The average molecular weight is 458 g/mol. The van der Waals surface area contributed by atoms with Crippen molar-refractivity contribution in [1.29, 1.82) is 0 Å². The summed E-state index contributed by atoms with van der Waals surface area (Å²) in [5.74, 6) is 0.0172. The van der Waals surface area contributed by atoms with Gasteiger partial charge in [-0.15, -0.1) is 0 Å². The fourth-order valence-corrected chi connectivity index (χ4v) is 4.25. The van der Waals surface area contributed by atoms with Crippen molar-refractivity contribution in [2.75, 3.05) is 20.3 Å². The number of aryl methyl sites for hydroxylation is 1. The van der Waals surface area contributed by atoms with E-state index in [-0.39, 0.29) is 28.6 Å². The van der Waals surface area contributed by atoms with Crippen LogP contribution in [0.3, 0.4) is 0 Å². The molecule has 1 N–H and O–H groups in total. The van der Waals surface area contributed by atoms with Crippen LogP contribution in [-0.4, -0.2) is 44.8 Å². The highest BCUT2D eigenvalue weighted by molar-refractivity contribution is 7.91. The van der Waals surface area contributed by atoms with Crippen LogP contribution in [-0.2, 0) is 25.8 Å². The monoisotopic (exact) mass is 457 g/mol. The Hall–Kier alpha value is -3.43. The summed E-state index contributed by atoms with van der Waals surface area (Å²) >= 11 is 0. The Morgan fingerprint density at radius 3 is 2.38 bits per heavy atom. The number of hydrogen-bond acceptors (Lipinski definition) is 7. The third-order valence-corrected chi connectivity index (χ3v) is 6.13. The SMILES string of the molecule is COCCOc1cc(CC(=O)O)cc(S(=O)(=O)c2ccc(Oc3cccc(C)n3)cc2)c1. The number of pyridine rings is 1. The fraction of sp³-hybridized carbons (Fsp3) is 0.217. The Morgan fingerprint density at radius 1 is 0.969 bits per heavy atom. The van der Waals surface area contributed by atoms with Gasteiger partial charge < -0.3 is 19.3 Å². The van der Waals surface area contributed by atoms with Crippen LogP contribution in [0.2, 0.25) is 0 Å². The minimum Gasteiger partial charge on any atom is -0.491 e. The highest BCUT2D eigenvalue weighted by Gasteiger charge is 2.20. The highest BCUT2D eigenvalue weighted by atomic mass is 32.2. The lowest BCUT2D eigenvalue weighted by atomic mass is 10.1. The predicted molar refractivity (Wildman–Crippen MR) is 116 cm³/mol. The molecule has 0 aliphatic rings. The van der Waals surface area contributed by atoms with Gasteiger partial charge in [0.15, 0.2) is 0 Å². The number of aliphatic carboxylic acids is 1. The minimum absolute atomic E-state index is 0.0392. The number of methoxy groups -OCH3 is 1. The number of hydrogen-bond donors (Lipinski definition) is 1. The van der Waals surface area contributed by atoms with Crippen LogP contribution in [0.5, 0.6) is 17.4 Å². The van der Waals surface area contributed by atoms with E-state index >= 15 is 0 Å². The zero-order valence-electron chi connectivity index (χ0n) is 17.6. The van der Waals surface area contributed by atoms with Gasteiger partial charge in [0.1, 0.15) is 18.1 Å². The lowest BCUT2D eigenvalue weighted by Crippen LogP contribution is -2.08. The molecule has 2 aromatic carbocycles. The van der Waals surface area contributed by atoms with Crippen molar-refractivity contribution < 1.29 is 32.5 Å². The number of rotatable bonds is 10. The van der Waals surface area contributed by atoms with Crippen molar-refractivity contribution >= 4 is 15.8 Å². The Bertz CT molecular complexity index is 1190. The van der Waals surface area contributed by atoms with Crippen LogP contribution >= 0.6 is 0 Å². The molecule has 9 heteroatoms. The molecule has 0 fully saturated rings. The molecular formula is C23H23NO7S. The number of nitrogens with zero attached hydrogens (tertiary/aromatic N) is 1. The molecule has 168 valence electrons. The normalized spacial score (nSPS) is 11.2. The number of carboxylic acids is 1. The Balaban J connectivity index is 1.88. The summed E-state index contributed by atoms with van der Waals surface area (Å²) in [6.07, 6.45) is -0.333. The lowest BCUT2D eigenvalue weighted by molar-refractivity contribution is -0.136. The van der Waals surface area contributed by atoms with Gasteiger partial charge in [-0.05, 0) is 61.0 Å². The van der Waals surface area contributed by atoms with Crippen LogP contribution in [0.4, 0.5) is 0 Å². The van der Waals surface area contributed by atoms with Crippen molar-refractivity contribution in [2.45, 2.75) is 23.1 Å². The summed E-state index contributed by atoms with van der Waals surface area (Å²) in [4.78, 5) is 15.4. The Kier molecular flexibility index (Phi) is 7.45. The van der Waals surface area contributed by atoms with E-state index in [1.54, 1.807) is 6.07 Å². The minimum atomic E-state index is -3.92. The number of ether oxygens (including phenoxy) is 3. The lowest BCUT2D eigenvalue weighted by Gasteiger charge is -2.12. The van der Waals surface area contributed by atoms with Gasteiger partial charge in [0, 0.05) is 18.9 Å². The zero-order valence-corrected chi connectivity index (χ0v) is 18.5. The third-order valence-electron chi connectivity index (χ3n) is 4.38. The molecule has 1 aromatic heterocycles. The van der Waals surface area contributed by atoms with Crippen molar-refractivity contribution in [2.24, 2.45) is 0 Å². The molecule has 0 saturated carbocycles. The number of carboxylic acid groups (broad SMARTS) is 1. The molecule has 0 aliphatic heterocycles. The van der Waals surface area contributed by atoms with Crippen molar-refractivity contribution in [1.82, 2.24) is 4.98 Å². The average Bonchev–Trinajstić information content (AvgIpc) is 2.74. The van der Waals surface area contributed by atoms with E-state index in [0.29, 0.717) is 23.8 Å². The molecule has 0 radical (unpaired) electrons. The zero-order chi connectivity index (χ0) is 23.1. The van der Waals surface area contributed by atoms with E-state index in [1.807, 2.05) is 19.1 Å². The molecule has 32 heavy (non-hydrogen) atoms. The molecule has 0 bridgehead atoms. The maximum Gasteiger partial charge on any atom is 0.307 e. The summed E-state index contributed by atoms with van der Waals surface area (Å²) < 4.78 is 42.5. The second-order valence-electron chi connectivity index (χ2n) is 6.92. The van der Waals surface area contributed by atoms with Gasteiger partial charge in [-0.25, -0.2) is 13.4 Å². The van der Waals surface area contributed by atoms with Gasteiger partial charge in [-0.3, -0.25) is 4.79 Å². The van der Waals surface area contributed by atoms with Crippen LogP contribution < -0.4 is 9.47 Å². The van der Waals surface area contributed by atoms with Gasteiger partial charge in [0.05, 0.1) is 22.8 Å². The van der Waals surface area contributed by atoms with Gasteiger partial charge in [0.2, 0.25) is 15.7 Å². The molecular weight excluding hydrogens is 434 g/mol. The van der Waals surface area contributed by atoms with Crippen LogP contribution in [0.1, 0.15) is 11.3 Å². The van der Waals surface area contributed by atoms with Crippen LogP contribution in [0.25, 0.3) is 0 Å². The summed E-state index contributed by atoms with van der Waals surface area (Å²) in [5, 5.41) is 9.12. The predicted octanol–water partition coefficient (Wildman–Crippen LogP) is 3.67. The van der Waals surface area contributed by atoms with Gasteiger partial charge in [-0.1, -0.05) is 6.07 Å². The Morgan fingerprint density at radius 2 is 1.72 bits per heavy atom. The quantitative estimate of drug-likeness (QED) is 0.459. The van der Waals surface area contributed by atoms with E-state index < -0.39 is 15.8 Å². The second-order valence-corrected chi connectivity index (χ2v) is 8.87. The number of aromatic nitrogens is 1. The largest absolute Gasteiger partial charge is 0.491 e. The maximum atomic E-state index is 13.2. The molecule has 1 heterocycles. The first-order valence-electron chi connectivity index (χ1n) is 9.72. The third kappa shape index (κ3) is 6.05. The number of benzene rings is 2. The van der Waals surface area contributed by atoms with Crippen molar-refractivity contribution in [3.63, 3.8) is 0 Å².